The summed E-state index contributed by atoms with van der Waals surface area (Å²) >= 11 is 0. The van der Waals surface area contributed by atoms with Crippen LogP contribution in [0.4, 0.5) is 0 Å². The van der Waals surface area contributed by atoms with Crippen molar-refractivity contribution in [1.82, 2.24) is 27.0 Å². The first-order chi connectivity index (χ1) is 15.0. The Morgan fingerprint density at radius 3 is 2.16 bits per heavy atom. The Morgan fingerprint density at radius 2 is 1.52 bits per heavy atom. The molecule has 5 aliphatic rings. The van der Waals surface area contributed by atoms with Crippen LogP contribution in [0.2, 0.25) is 0 Å². The van der Waals surface area contributed by atoms with Crippen molar-refractivity contribution in [3.05, 3.63) is 35.9 Å². The Bertz CT molecular complexity index is 823. The van der Waals surface area contributed by atoms with E-state index >= 15 is 0 Å². The summed E-state index contributed by atoms with van der Waals surface area (Å²) in [7, 11) is 0. The fourth-order valence-electron chi connectivity index (χ4n) is 6.63. The Hall–Kier alpha value is -2.45. The Balaban J connectivity index is 1.06. The smallest absolute Gasteiger partial charge is 0.257 e. The van der Waals surface area contributed by atoms with Gasteiger partial charge in [-0.15, -0.1) is 0 Å². The van der Waals surface area contributed by atoms with Gasteiger partial charge in [0.15, 0.2) is 0 Å². The van der Waals surface area contributed by atoms with E-state index in [4.69, 9.17) is 0 Å². The summed E-state index contributed by atoms with van der Waals surface area (Å²) < 4.78 is 0. The van der Waals surface area contributed by atoms with E-state index in [1.807, 2.05) is 30.3 Å². The summed E-state index contributed by atoms with van der Waals surface area (Å²) in [6.07, 6.45) is 7.29. The van der Waals surface area contributed by atoms with Crippen molar-refractivity contribution >= 4 is 17.7 Å². The minimum atomic E-state index is -0.452. The largest absolute Gasteiger partial charge is 0.346 e. The van der Waals surface area contributed by atoms with Gasteiger partial charge in [-0.05, 0) is 68.3 Å². The fraction of sp³-hybridized carbons (Fsp3) is 0.609. The topological polar surface area (TPSA) is 111 Å². The molecule has 0 spiro atoms. The van der Waals surface area contributed by atoms with Gasteiger partial charge in [-0.2, -0.15) is 0 Å². The number of carbonyl (C=O) groups is 3. The molecule has 1 heterocycles. The Labute approximate surface area is 182 Å². The van der Waals surface area contributed by atoms with Gasteiger partial charge in [-0.25, -0.2) is 10.9 Å². The third-order valence-corrected chi connectivity index (χ3v) is 7.68. The second-order valence-corrected chi connectivity index (χ2v) is 9.96. The normalized spacial score (nSPS) is 35.5. The molecule has 4 saturated carbocycles. The van der Waals surface area contributed by atoms with Crippen LogP contribution >= 0.6 is 0 Å². The summed E-state index contributed by atoms with van der Waals surface area (Å²) in [5, 5.41) is 2.83. The zero-order valence-corrected chi connectivity index (χ0v) is 17.7. The molecule has 3 amide bonds. The van der Waals surface area contributed by atoms with E-state index in [9.17, 15) is 14.4 Å². The molecule has 1 aromatic rings. The molecule has 5 N–H and O–H groups in total. The monoisotopic (exact) mass is 425 g/mol. The number of rotatable bonds is 5. The average Bonchev–Trinajstić information content (AvgIpc) is 3.26. The second kappa shape index (κ2) is 8.24. The van der Waals surface area contributed by atoms with Gasteiger partial charge in [0.25, 0.3) is 11.8 Å². The van der Waals surface area contributed by atoms with Gasteiger partial charge in [0, 0.05) is 11.5 Å². The van der Waals surface area contributed by atoms with Crippen molar-refractivity contribution in [3.63, 3.8) is 0 Å². The Morgan fingerprint density at radius 1 is 0.871 bits per heavy atom. The lowest BCUT2D eigenvalue weighted by atomic mass is 9.49. The van der Waals surface area contributed by atoms with Crippen molar-refractivity contribution in [1.29, 1.82) is 0 Å². The number of hydrogen-bond donors (Lipinski definition) is 5. The van der Waals surface area contributed by atoms with E-state index in [0.29, 0.717) is 24.2 Å². The number of carbonyl (C=O) groups excluding carboxylic acids is 3. The minimum absolute atomic E-state index is 0.0143. The van der Waals surface area contributed by atoms with Crippen LogP contribution in [0.25, 0.3) is 0 Å². The molecule has 0 aromatic heterocycles. The van der Waals surface area contributed by atoms with E-state index < -0.39 is 11.9 Å². The van der Waals surface area contributed by atoms with Crippen LogP contribution in [-0.4, -0.2) is 30.3 Å². The average molecular weight is 426 g/mol. The van der Waals surface area contributed by atoms with Crippen LogP contribution in [0.5, 0.6) is 0 Å². The predicted molar refractivity (Wildman–Crippen MR) is 114 cm³/mol. The molecule has 2 atom stereocenters. The predicted octanol–water partition coefficient (Wildman–Crippen LogP) is 1.07. The molecule has 4 aliphatic carbocycles. The minimum Gasteiger partial charge on any atom is -0.346 e. The first-order valence-electron chi connectivity index (χ1n) is 11.4. The van der Waals surface area contributed by atoms with E-state index in [0.717, 1.165) is 24.8 Å². The van der Waals surface area contributed by atoms with Crippen LogP contribution in [0, 0.1) is 23.2 Å². The maximum Gasteiger partial charge on any atom is 0.257 e. The zero-order chi connectivity index (χ0) is 21.4. The number of amides is 3. The molecule has 31 heavy (non-hydrogen) atoms. The summed E-state index contributed by atoms with van der Waals surface area (Å²) in [6, 6.07) is 9.47. The van der Waals surface area contributed by atoms with E-state index in [-0.39, 0.29) is 29.8 Å². The molecular weight excluding hydrogens is 394 g/mol. The standard InChI is InChI=1S/C23H31N5O3/c29-20(13-24-22(31)23-10-14-6-15(11-23)8-16(7-14)12-23)27-28-21(30)19-9-18(25-26-19)17-4-2-1-3-5-17/h1-5,14-16,18-19,25-26H,6-13H2,(H,24,31)(H,27,29)(H,28,30). The van der Waals surface area contributed by atoms with Gasteiger partial charge in [0.1, 0.15) is 6.04 Å². The maximum atomic E-state index is 12.9. The van der Waals surface area contributed by atoms with Crippen LogP contribution < -0.4 is 27.0 Å². The van der Waals surface area contributed by atoms with Crippen molar-refractivity contribution < 1.29 is 14.4 Å². The van der Waals surface area contributed by atoms with Gasteiger partial charge in [0.05, 0.1) is 6.54 Å². The quantitative estimate of drug-likeness (QED) is 0.453. The number of benzene rings is 1. The van der Waals surface area contributed by atoms with Gasteiger partial charge in [-0.3, -0.25) is 25.2 Å². The highest BCUT2D eigenvalue weighted by atomic mass is 16.2. The molecule has 1 saturated heterocycles. The number of hydrazine groups is 2. The summed E-state index contributed by atoms with van der Waals surface area (Å²) in [5.41, 5.74) is 11.8. The van der Waals surface area contributed by atoms with E-state index in [1.165, 1.54) is 19.3 Å². The van der Waals surface area contributed by atoms with Gasteiger partial charge < -0.3 is 5.32 Å². The molecule has 5 fully saturated rings. The summed E-state index contributed by atoms with van der Waals surface area (Å²) in [4.78, 5) is 37.5. The fourth-order valence-corrected chi connectivity index (χ4v) is 6.63. The lowest BCUT2D eigenvalue weighted by molar-refractivity contribution is -0.147. The molecule has 0 radical (unpaired) electrons. The summed E-state index contributed by atoms with van der Waals surface area (Å²) in [6.45, 7) is -0.121. The van der Waals surface area contributed by atoms with E-state index in [1.54, 1.807) is 0 Å². The molecular formula is C23H31N5O3. The van der Waals surface area contributed by atoms with Gasteiger partial charge >= 0.3 is 0 Å². The SMILES string of the molecule is O=C(CNC(=O)C12CC3CC(CC(C3)C1)C2)NNC(=O)C1CC(c2ccccc2)NN1. The third kappa shape index (κ3) is 4.19. The molecule has 1 aromatic carbocycles. The lowest BCUT2D eigenvalue weighted by Crippen LogP contribution is -2.56. The second-order valence-electron chi connectivity index (χ2n) is 9.96. The van der Waals surface area contributed by atoms with Gasteiger partial charge in [0.2, 0.25) is 5.91 Å². The van der Waals surface area contributed by atoms with Crippen LogP contribution in [-0.2, 0) is 14.4 Å². The highest BCUT2D eigenvalue weighted by Crippen LogP contribution is 2.60. The van der Waals surface area contributed by atoms with Crippen molar-refractivity contribution in [2.75, 3.05) is 6.54 Å². The van der Waals surface area contributed by atoms with Crippen LogP contribution in [0.15, 0.2) is 30.3 Å². The number of hydrogen-bond acceptors (Lipinski definition) is 5. The highest BCUT2D eigenvalue weighted by molar-refractivity contribution is 5.90. The lowest BCUT2D eigenvalue weighted by Gasteiger charge is -2.55. The van der Waals surface area contributed by atoms with Crippen LogP contribution in [0.1, 0.15) is 56.6 Å². The molecule has 1 aliphatic heterocycles. The van der Waals surface area contributed by atoms with Crippen molar-refractivity contribution in [2.24, 2.45) is 23.2 Å². The van der Waals surface area contributed by atoms with Gasteiger partial charge in [-0.1, -0.05) is 30.3 Å². The van der Waals surface area contributed by atoms with Crippen LogP contribution in [0.3, 0.4) is 0 Å². The molecule has 2 unspecified atom stereocenters. The highest BCUT2D eigenvalue weighted by Gasteiger charge is 2.54. The molecule has 6 rings (SSSR count). The molecule has 166 valence electrons. The molecule has 8 heteroatoms. The maximum absolute atomic E-state index is 12.9. The number of nitrogens with one attached hydrogen (secondary N) is 5. The molecule has 8 nitrogen and oxygen atoms in total. The van der Waals surface area contributed by atoms with E-state index in [2.05, 4.69) is 27.0 Å². The van der Waals surface area contributed by atoms with Crippen molar-refractivity contribution in [2.45, 2.75) is 57.0 Å². The third-order valence-electron chi connectivity index (χ3n) is 7.68. The van der Waals surface area contributed by atoms with Crippen molar-refractivity contribution in [3.8, 4) is 0 Å². The molecule has 4 bridgehead atoms. The zero-order valence-electron chi connectivity index (χ0n) is 17.7. The first kappa shape index (κ1) is 20.5. The first-order valence-corrected chi connectivity index (χ1v) is 11.4. The Kier molecular flexibility index (Phi) is 5.44. The summed E-state index contributed by atoms with van der Waals surface area (Å²) in [5.74, 6) is 1.32.